The predicted molar refractivity (Wildman–Crippen MR) is 107 cm³/mol. The highest BCUT2D eigenvalue weighted by Crippen LogP contribution is 2.29. The zero-order valence-corrected chi connectivity index (χ0v) is 16.3. The van der Waals surface area contributed by atoms with E-state index < -0.39 is 5.60 Å². The quantitative estimate of drug-likeness (QED) is 0.735. The number of amides is 1. The first-order valence-corrected chi connectivity index (χ1v) is 9.38. The number of carbonyl (C=O) groups excluding carboxylic acids is 1. The Kier molecular flexibility index (Phi) is 4.62. The van der Waals surface area contributed by atoms with Crippen LogP contribution in [-0.4, -0.2) is 62.7 Å². The molecule has 8 heteroatoms. The average molecular weight is 380 g/mol. The number of nitrogens with zero attached hydrogens (tertiary/aromatic N) is 5. The molecule has 0 unspecified atom stereocenters. The Morgan fingerprint density at radius 3 is 2.64 bits per heavy atom. The lowest BCUT2D eigenvalue weighted by atomic mass is 10.2. The number of pyridine rings is 1. The van der Waals surface area contributed by atoms with Crippen LogP contribution in [0.4, 0.5) is 10.6 Å². The molecular formula is C20H24N6O2. The van der Waals surface area contributed by atoms with Gasteiger partial charge >= 0.3 is 6.09 Å². The Balaban J connectivity index is 1.53. The van der Waals surface area contributed by atoms with Crippen LogP contribution >= 0.6 is 0 Å². The fraction of sp³-hybridized carbons (Fsp3) is 0.400. The summed E-state index contributed by atoms with van der Waals surface area (Å²) >= 11 is 0. The second-order valence-electron chi connectivity index (χ2n) is 7.84. The van der Waals surface area contributed by atoms with Crippen LogP contribution < -0.4 is 4.90 Å². The van der Waals surface area contributed by atoms with Crippen molar-refractivity contribution in [1.29, 1.82) is 0 Å². The van der Waals surface area contributed by atoms with Crippen molar-refractivity contribution in [3.8, 4) is 11.3 Å². The Bertz CT molecular complexity index is 971. The molecule has 28 heavy (non-hydrogen) atoms. The van der Waals surface area contributed by atoms with E-state index in [1.807, 2.05) is 39.1 Å². The Labute approximate surface area is 163 Å². The maximum atomic E-state index is 12.3. The van der Waals surface area contributed by atoms with Gasteiger partial charge in [-0.25, -0.2) is 14.8 Å². The topological polar surface area (TPSA) is 87.2 Å². The zero-order valence-electron chi connectivity index (χ0n) is 16.3. The van der Waals surface area contributed by atoms with E-state index in [4.69, 9.17) is 4.74 Å². The molecule has 1 aliphatic heterocycles. The van der Waals surface area contributed by atoms with Crippen molar-refractivity contribution in [2.75, 3.05) is 31.1 Å². The SMILES string of the molecule is CC(C)(C)OC(=O)N1CCN(c2ncnc3[nH]c(-c4cccnc4)cc23)CC1. The minimum absolute atomic E-state index is 0.263. The van der Waals surface area contributed by atoms with Crippen molar-refractivity contribution >= 4 is 22.9 Å². The van der Waals surface area contributed by atoms with Crippen LogP contribution in [-0.2, 0) is 4.74 Å². The maximum Gasteiger partial charge on any atom is 0.410 e. The summed E-state index contributed by atoms with van der Waals surface area (Å²) in [6.07, 6.45) is 4.88. The van der Waals surface area contributed by atoms with Crippen LogP contribution in [0.25, 0.3) is 22.3 Å². The number of hydrogen-bond acceptors (Lipinski definition) is 6. The summed E-state index contributed by atoms with van der Waals surface area (Å²) in [5.41, 5.74) is 2.26. The van der Waals surface area contributed by atoms with Crippen molar-refractivity contribution in [2.24, 2.45) is 0 Å². The number of piperazine rings is 1. The van der Waals surface area contributed by atoms with Gasteiger partial charge in [-0.3, -0.25) is 4.98 Å². The molecule has 0 spiro atoms. The molecule has 8 nitrogen and oxygen atoms in total. The number of H-pyrrole nitrogens is 1. The summed E-state index contributed by atoms with van der Waals surface area (Å²) in [6, 6.07) is 5.97. The lowest BCUT2D eigenvalue weighted by Crippen LogP contribution is -2.50. The molecule has 1 saturated heterocycles. The number of rotatable bonds is 2. The summed E-state index contributed by atoms with van der Waals surface area (Å²) in [5.74, 6) is 0.875. The smallest absolute Gasteiger partial charge is 0.410 e. The van der Waals surface area contributed by atoms with Gasteiger partial charge < -0.3 is 19.5 Å². The molecule has 4 heterocycles. The van der Waals surface area contributed by atoms with Gasteiger partial charge in [0.25, 0.3) is 0 Å². The van der Waals surface area contributed by atoms with Crippen molar-refractivity contribution < 1.29 is 9.53 Å². The highest BCUT2D eigenvalue weighted by atomic mass is 16.6. The molecule has 1 fully saturated rings. The van der Waals surface area contributed by atoms with Crippen molar-refractivity contribution in [3.63, 3.8) is 0 Å². The van der Waals surface area contributed by atoms with E-state index in [0.29, 0.717) is 26.2 Å². The van der Waals surface area contributed by atoms with Crippen LogP contribution in [0.2, 0.25) is 0 Å². The van der Waals surface area contributed by atoms with Crippen LogP contribution in [0, 0.1) is 0 Å². The first-order chi connectivity index (χ1) is 13.4. The molecule has 3 aromatic heterocycles. The molecule has 4 rings (SSSR count). The monoisotopic (exact) mass is 380 g/mol. The number of ether oxygens (including phenoxy) is 1. The van der Waals surface area contributed by atoms with E-state index in [-0.39, 0.29) is 6.09 Å². The van der Waals surface area contributed by atoms with Gasteiger partial charge in [0, 0.05) is 49.8 Å². The first kappa shape index (κ1) is 18.2. The van der Waals surface area contributed by atoms with Crippen molar-refractivity contribution in [2.45, 2.75) is 26.4 Å². The third kappa shape index (κ3) is 3.76. The highest BCUT2D eigenvalue weighted by Gasteiger charge is 2.27. The summed E-state index contributed by atoms with van der Waals surface area (Å²) < 4.78 is 5.47. The van der Waals surface area contributed by atoms with E-state index in [0.717, 1.165) is 28.1 Å². The number of nitrogens with one attached hydrogen (secondary N) is 1. The molecule has 0 saturated carbocycles. The van der Waals surface area contributed by atoms with Crippen molar-refractivity contribution in [3.05, 3.63) is 36.9 Å². The summed E-state index contributed by atoms with van der Waals surface area (Å²) in [4.78, 5) is 32.6. The Hall–Kier alpha value is -3.16. The number of hydrogen-bond donors (Lipinski definition) is 1. The van der Waals surface area contributed by atoms with Crippen LogP contribution in [0.1, 0.15) is 20.8 Å². The fourth-order valence-corrected chi connectivity index (χ4v) is 3.28. The lowest BCUT2D eigenvalue weighted by molar-refractivity contribution is 0.0240. The van der Waals surface area contributed by atoms with Gasteiger partial charge in [-0.2, -0.15) is 0 Å². The maximum absolute atomic E-state index is 12.3. The van der Waals surface area contributed by atoms with E-state index in [1.165, 1.54) is 0 Å². The van der Waals surface area contributed by atoms with Gasteiger partial charge in [0.2, 0.25) is 0 Å². The number of anilines is 1. The summed E-state index contributed by atoms with van der Waals surface area (Å²) in [6.45, 7) is 8.22. The Morgan fingerprint density at radius 1 is 1.18 bits per heavy atom. The third-order valence-electron chi connectivity index (χ3n) is 4.61. The number of carbonyl (C=O) groups is 1. The van der Waals surface area contributed by atoms with Crippen molar-refractivity contribution in [1.82, 2.24) is 24.8 Å². The molecule has 0 bridgehead atoms. The molecule has 0 radical (unpaired) electrons. The summed E-state index contributed by atoms with van der Waals surface area (Å²) in [5, 5.41) is 0.965. The molecule has 1 N–H and O–H groups in total. The van der Waals surface area contributed by atoms with E-state index >= 15 is 0 Å². The first-order valence-electron chi connectivity index (χ1n) is 9.38. The van der Waals surface area contributed by atoms with Gasteiger partial charge in [-0.05, 0) is 39.0 Å². The normalized spacial score (nSPS) is 15.1. The second kappa shape index (κ2) is 7.10. The second-order valence-corrected chi connectivity index (χ2v) is 7.84. The lowest BCUT2D eigenvalue weighted by Gasteiger charge is -2.36. The predicted octanol–water partition coefficient (Wildman–Crippen LogP) is 3.08. The highest BCUT2D eigenvalue weighted by molar-refractivity contribution is 5.91. The van der Waals surface area contributed by atoms with E-state index in [1.54, 1.807) is 17.4 Å². The molecule has 0 aliphatic carbocycles. The largest absolute Gasteiger partial charge is 0.444 e. The molecule has 146 valence electrons. The molecule has 0 aromatic carbocycles. The fourth-order valence-electron chi connectivity index (χ4n) is 3.28. The molecule has 1 aliphatic rings. The minimum atomic E-state index is -0.485. The van der Waals surface area contributed by atoms with Crippen LogP contribution in [0.15, 0.2) is 36.9 Å². The van der Waals surface area contributed by atoms with Gasteiger partial charge in [-0.1, -0.05) is 0 Å². The molecule has 3 aromatic rings. The van der Waals surface area contributed by atoms with Gasteiger partial charge in [-0.15, -0.1) is 0 Å². The molecule has 1 amide bonds. The van der Waals surface area contributed by atoms with Crippen LogP contribution in [0.3, 0.4) is 0 Å². The van der Waals surface area contributed by atoms with E-state index in [9.17, 15) is 4.79 Å². The van der Waals surface area contributed by atoms with Gasteiger partial charge in [0.05, 0.1) is 5.39 Å². The van der Waals surface area contributed by atoms with Gasteiger partial charge in [0.1, 0.15) is 23.4 Å². The number of aromatic amines is 1. The van der Waals surface area contributed by atoms with Crippen LogP contribution in [0.5, 0.6) is 0 Å². The summed E-state index contributed by atoms with van der Waals surface area (Å²) in [7, 11) is 0. The number of aromatic nitrogens is 4. The third-order valence-corrected chi connectivity index (χ3v) is 4.61. The van der Waals surface area contributed by atoms with E-state index in [2.05, 4.69) is 30.9 Å². The molecular weight excluding hydrogens is 356 g/mol. The average Bonchev–Trinajstić information content (AvgIpc) is 3.12. The number of fused-ring (bicyclic) bond motifs is 1. The zero-order chi connectivity index (χ0) is 19.7. The molecule has 0 atom stereocenters. The van der Waals surface area contributed by atoms with Gasteiger partial charge in [0.15, 0.2) is 0 Å². The minimum Gasteiger partial charge on any atom is -0.444 e. The standard InChI is InChI=1S/C20H24N6O2/c1-20(2,3)28-19(27)26-9-7-25(8-10-26)18-15-11-16(14-5-4-6-21-12-14)24-17(15)22-13-23-18/h4-6,11-13H,7-10H2,1-3H3,(H,22,23,24). The Morgan fingerprint density at radius 2 is 1.96 bits per heavy atom.